The monoisotopic (exact) mass is 252 g/mol. The third-order valence-electron chi connectivity index (χ3n) is 3.33. The number of nitrogens with one attached hydrogen (secondary N) is 1. The summed E-state index contributed by atoms with van der Waals surface area (Å²) < 4.78 is 13.7. The maximum atomic E-state index is 13.7. The molecule has 98 valence electrons. The number of benzene rings is 1. The highest BCUT2D eigenvalue weighted by Crippen LogP contribution is 2.26. The van der Waals surface area contributed by atoms with Crippen molar-refractivity contribution in [1.82, 2.24) is 0 Å². The minimum Gasteiger partial charge on any atom is -0.478 e. The molecule has 0 spiro atoms. The van der Waals surface area contributed by atoms with Gasteiger partial charge in [-0.3, -0.25) is 0 Å². The van der Waals surface area contributed by atoms with E-state index >= 15 is 0 Å². The van der Waals surface area contributed by atoms with Gasteiger partial charge in [0.2, 0.25) is 0 Å². The zero-order chi connectivity index (χ0) is 13.1. The maximum absolute atomic E-state index is 13.7. The van der Waals surface area contributed by atoms with E-state index in [1.54, 1.807) is 0 Å². The summed E-state index contributed by atoms with van der Waals surface area (Å²) in [5.41, 5.74) is 5.60. The zero-order valence-corrected chi connectivity index (χ0v) is 10.1. The van der Waals surface area contributed by atoms with Crippen LogP contribution in [0, 0.1) is 5.82 Å². The van der Waals surface area contributed by atoms with Gasteiger partial charge in [-0.05, 0) is 25.0 Å². The summed E-state index contributed by atoms with van der Waals surface area (Å²) >= 11 is 0. The van der Waals surface area contributed by atoms with Crippen LogP contribution < -0.4 is 11.1 Å². The molecule has 2 rings (SSSR count). The lowest BCUT2D eigenvalue weighted by Crippen LogP contribution is -2.23. The number of anilines is 2. The van der Waals surface area contributed by atoms with Crippen LogP contribution in [0.3, 0.4) is 0 Å². The topological polar surface area (TPSA) is 75.3 Å². The van der Waals surface area contributed by atoms with E-state index in [0.29, 0.717) is 0 Å². The third-order valence-corrected chi connectivity index (χ3v) is 3.33. The van der Waals surface area contributed by atoms with Crippen molar-refractivity contribution < 1.29 is 14.3 Å². The third kappa shape index (κ3) is 2.72. The molecule has 0 saturated heterocycles. The summed E-state index contributed by atoms with van der Waals surface area (Å²) in [7, 11) is 0. The van der Waals surface area contributed by atoms with Crippen LogP contribution in [0.5, 0.6) is 0 Å². The Labute approximate surface area is 105 Å². The predicted molar refractivity (Wildman–Crippen MR) is 68.3 cm³/mol. The quantitative estimate of drug-likeness (QED) is 0.723. The standard InChI is InChI=1S/C13H17FN2O2/c14-10-7-11(15)9(13(17)18)6-12(10)16-8-4-2-1-3-5-8/h6-8,16H,1-5,15H2,(H,17,18). The lowest BCUT2D eigenvalue weighted by Gasteiger charge is -2.24. The lowest BCUT2D eigenvalue weighted by atomic mass is 9.95. The Morgan fingerprint density at radius 2 is 2.00 bits per heavy atom. The Kier molecular flexibility index (Phi) is 3.69. The Hall–Kier alpha value is -1.78. The van der Waals surface area contributed by atoms with Crippen molar-refractivity contribution in [3.8, 4) is 0 Å². The van der Waals surface area contributed by atoms with Gasteiger partial charge >= 0.3 is 5.97 Å². The molecule has 5 heteroatoms. The molecule has 0 aromatic heterocycles. The van der Waals surface area contributed by atoms with Gasteiger partial charge in [-0.1, -0.05) is 19.3 Å². The second-order valence-electron chi connectivity index (χ2n) is 4.70. The van der Waals surface area contributed by atoms with Gasteiger partial charge in [0.05, 0.1) is 11.3 Å². The smallest absolute Gasteiger partial charge is 0.337 e. The molecular formula is C13H17FN2O2. The number of aromatic carboxylic acids is 1. The van der Waals surface area contributed by atoms with Crippen molar-refractivity contribution >= 4 is 17.3 Å². The van der Waals surface area contributed by atoms with Gasteiger partial charge in [-0.15, -0.1) is 0 Å². The Bertz CT molecular complexity index is 457. The van der Waals surface area contributed by atoms with Crippen molar-refractivity contribution in [2.45, 2.75) is 38.1 Å². The van der Waals surface area contributed by atoms with Gasteiger partial charge < -0.3 is 16.2 Å². The van der Waals surface area contributed by atoms with E-state index in [-0.39, 0.29) is 23.0 Å². The molecule has 1 aliphatic rings. The molecule has 0 amide bonds. The van der Waals surface area contributed by atoms with Gasteiger partial charge in [0.25, 0.3) is 0 Å². The first-order chi connectivity index (χ1) is 8.58. The molecule has 1 fully saturated rings. The minimum absolute atomic E-state index is 0.0470. The Morgan fingerprint density at radius 3 is 2.61 bits per heavy atom. The van der Waals surface area contributed by atoms with Crippen molar-refractivity contribution in [1.29, 1.82) is 0 Å². The average molecular weight is 252 g/mol. The average Bonchev–Trinajstić information content (AvgIpc) is 2.33. The first kappa shape index (κ1) is 12.7. The SMILES string of the molecule is Nc1cc(F)c(NC2CCCCC2)cc1C(=O)O. The summed E-state index contributed by atoms with van der Waals surface area (Å²) in [6.07, 6.45) is 5.45. The molecule has 0 atom stereocenters. The van der Waals surface area contributed by atoms with E-state index in [2.05, 4.69) is 5.32 Å². The first-order valence-electron chi connectivity index (χ1n) is 6.17. The number of carboxylic acid groups (broad SMARTS) is 1. The summed E-state index contributed by atoms with van der Waals surface area (Å²) in [5.74, 6) is -1.64. The number of nitrogen functional groups attached to an aromatic ring is 1. The van der Waals surface area contributed by atoms with Gasteiger partial charge in [-0.2, -0.15) is 0 Å². The van der Waals surface area contributed by atoms with Crippen molar-refractivity contribution in [2.24, 2.45) is 0 Å². The van der Waals surface area contributed by atoms with Crippen LogP contribution in [-0.2, 0) is 0 Å². The predicted octanol–water partition coefficient (Wildman–Crippen LogP) is 2.85. The van der Waals surface area contributed by atoms with Gasteiger partial charge in [-0.25, -0.2) is 9.18 Å². The molecular weight excluding hydrogens is 235 g/mol. The summed E-state index contributed by atoms with van der Waals surface area (Å²) in [5, 5.41) is 12.0. The second-order valence-corrected chi connectivity index (χ2v) is 4.70. The molecule has 0 radical (unpaired) electrons. The van der Waals surface area contributed by atoms with Crippen LogP contribution in [0.1, 0.15) is 42.5 Å². The number of hydrogen-bond donors (Lipinski definition) is 3. The van der Waals surface area contributed by atoms with Crippen molar-refractivity contribution in [3.63, 3.8) is 0 Å². The summed E-state index contributed by atoms with van der Waals surface area (Å²) in [4.78, 5) is 10.9. The van der Waals surface area contributed by atoms with Gasteiger partial charge in [0.1, 0.15) is 5.82 Å². The fourth-order valence-electron chi connectivity index (χ4n) is 2.35. The number of carbonyl (C=O) groups is 1. The second kappa shape index (κ2) is 5.25. The molecule has 1 aromatic carbocycles. The molecule has 0 bridgehead atoms. The number of carboxylic acids is 1. The molecule has 18 heavy (non-hydrogen) atoms. The van der Waals surface area contributed by atoms with Crippen LogP contribution in [0.15, 0.2) is 12.1 Å². The number of rotatable bonds is 3. The van der Waals surface area contributed by atoms with E-state index in [9.17, 15) is 9.18 Å². The largest absolute Gasteiger partial charge is 0.478 e. The van der Waals surface area contributed by atoms with E-state index in [0.717, 1.165) is 31.7 Å². The van der Waals surface area contributed by atoms with E-state index in [1.807, 2.05) is 0 Å². The van der Waals surface area contributed by atoms with E-state index in [1.165, 1.54) is 12.5 Å². The lowest BCUT2D eigenvalue weighted by molar-refractivity contribution is 0.0698. The maximum Gasteiger partial charge on any atom is 0.337 e. The summed E-state index contributed by atoms with van der Waals surface area (Å²) in [6.45, 7) is 0. The molecule has 0 unspecified atom stereocenters. The van der Waals surface area contributed by atoms with Crippen LogP contribution in [-0.4, -0.2) is 17.1 Å². The molecule has 4 nitrogen and oxygen atoms in total. The highest BCUT2D eigenvalue weighted by Gasteiger charge is 2.17. The fourth-order valence-corrected chi connectivity index (χ4v) is 2.35. The highest BCUT2D eigenvalue weighted by atomic mass is 19.1. The Morgan fingerprint density at radius 1 is 1.33 bits per heavy atom. The number of halogens is 1. The van der Waals surface area contributed by atoms with Gasteiger partial charge in [0.15, 0.2) is 0 Å². The first-order valence-corrected chi connectivity index (χ1v) is 6.17. The van der Waals surface area contributed by atoms with Crippen LogP contribution in [0.25, 0.3) is 0 Å². The molecule has 1 saturated carbocycles. The number of hydrogen-bond acceptors (Lipinski definition) is 3. The van der Waals surface area contributed by atoms with E-state index < -0.39 is 11.8 Å². The van der Waals surface area contributed by atoms with Crippen LogP contribution >= 0.6 is 0 Å². The van der Waals surface area contributed by atoms with Crippen LogP contribution in [0.2, 0.25) is 0 Å². The van der Waals surface area contributed by atoms with Crippen LogP contribution in [0.4, 0.5) is 15.8 Å². The summed E-state index contributed by atoms with van der Waals surface area (Å²) in [6, 6.07) is 2.56. The molecule has 4 N–H and O–H groups in total. The molecule has 0 aliphatic heterocycles. The minimum atomic E-state index is -1.14. The molecule has 1 aliphatic carbocycles. The van der Waals surface area contributed by atoms with Crippen molar-refractivity contribution in [3.05, 3.63) is 23.5 Å². The highest BCUT2D eigenvalue weighted by molar-refractivity contribution is 5.94. The molecule has 1 aromatic rings. The fraction of sp³-hybridized carbons (Fsp3) is 0.462. The van der Waals surface area contributed by atoms with Gasteiger partial charge in [0, 0.05) is 11.7 Å². The normalized spacial score (nSPS) is 16.5. The molecule has 0 heterocycles. The van der Waals surface area contributed by atoms with E-state index in [4.69, 9.17) is 10.8 Å². The zero-order valence-electron chi connectivity index (χ0n) is 10.1. The van der Waals surface area contributed by atoms with Crippen molar-refractivity contribution in [2.75, 3.05) is 11.1 Å². The Balaban J connectivity index is 2.21. The number of nitrogens with two attached hydrogens (primary N) is 1.